The highest BCUT2D eigenvalue weighted by Crippen LogP contribution is 2.64. The van der Waals surface area contributed by atoms with Crippen LogP contribution in [0.3, 0.4) is 0 Å². The minimum atomic E-state index is -4.74. The molecule has 1 spiro atoms. The van der Waals surface area contributed by atoms with Crippen LogP contribution in [0.15, 0.2) is 60.3 Å². The summed E-state index contributed by atoms with van der Waals surface area (Å²) in [5.41, 5.74) is 1.15. The SMILES string of the molecule is C[C@@]12O[C@]3(C=C1NOCc1ccccc1)CCO[C@H]1[C@@H]3[C@@H]2C(=O)N1c1ccc(C#N)c(C(F)(F)F)c1. The molecule has 0 aliphatic carbocycles. The maximum Gasteiger partial charge on any atom is 0.417 e. The molecule has 2 aromatic carbocycles. The Balaban J connectivity index is 1.32. The molecule has 0 saturated carbocycles. The molecule has 0 unspecified atom stereocenters. The van der Waals surface area contributed by atoms with Gasteiger partial charge in [0.2, 0.25) is 5.91 Å². The number of ether oxygens (including phenoxy) is 2. The van der Waals surface area contributed by atoms with Gasteiger partial charge in [-0.15, -0.1) is 0 Å². The highest BCUT2D eigenvalue weighted by atomic mass is 19.4. The number of carbonyl (C=O) groups excluding carboxylic acids is 1. The van der Waals surface area contributed by atoms with E-state index >= 15 is 0 Å². The Morgan fingerprint density at radius 3 is 2.75 bits per heavy atom. The summed E-state index contributed by atoms with van der Waals surface area (Å²) in [5, 5.41) is 9.15. The number of rotatable bonds is 5. The van der Waals surface area contributed by atoms with Gasteiger partial charge in [-0.2, -0.15) is 18.4 Å². The van der Waals surface area contributed by atoms with E-state index in [1.165, 1.54) is 11.0 Å². The van der Waals surface area contributed by atoms with Crippen molar-refractivity contribution in [3.8, 4) is 6.07 Å². The lowest BCUT2D eigenvalue weighted by Gasteiger charge is -2.40. The van der Waals surface area contributed by atoms with Crippen molar-refractivity contribution in [3.63, 3.8) is 0 Å². The summed E-state index contributed by atoms with van der Waals surface area (Å²) in [6.07, 6.45) is -3.08. The van der Waals surface area contributed by atoms with Crippen LogP contribution in [0.25, 0.3) is 0 Å². The van der Waals surface area contributed by atoms with Crippen molar-refractivity contribution in [2.45, 2.75) is 43.6 Å². The molecule has 4 aliphatic rings. The second-order valence-electron chi connectivity index (χ2n) is 9.66. The predicted octanol–water partition coefficient (Wildman–Crippen LogP) is 4.05. The van der Waals surface area contributed by atoms with E-state index in [0.717, 1.165) is 17.7 Å². The Labute approximate surface area is 205 Å². The van der Waals surface area contributed by atoms with Gasteiger partial charge in [-0.05, 0) is 36.8 Å². The number of hydrogen-bond donors (Lipinski definition) is 1. The monoisotopic (exact) mass is 497 g/mol. The van der Waals surface area contributed by atoms with E-state index in [9.17, 15) is 18.0 Å². The second kappa shape index (κ2) is 7.80. The first-order chi connectivity index (χ1) is 17.2. The molecular weight excluding hydrogens is 475 g/mol. The number of nitrogens with zero attached hydrogens (tertiary/aromatic N) is 2. The summed E-state index contributed by atoms with van der Waals surface area (Å²) < 4.78 is 53.3. The van der Waals surface area contributed by atoms with Gasteiger partial charge in [0.15, 0.2) is 0 Å². The maximum atomic E-state index is 13.8. The number of nitriles is 1. The largest absolute Gasteiger partial charge is 0.417 e. The van der Waals surface area contributed by atoms with E-state index in [4.69, 9.17) is 19.6 Å². The zero-order valence-corrected chi connectivity index (χ0v) is 19.2. The van der Waals surface area contributed by atoms with Gasteiger partial charge in [0.1, 0.15) is 11.8 Å². The number of hydroxylamine groups is 1. The smallest absolute Gasteiger partial charge is 0.357 e. The fourth-order valence-corrected chi connectivity index (χ4v) is 6.12. The third kappa shape index (κ3) is 3.20. The molecule has 1 N–H and O–H groups in total. The molecule has 2 aromatic rings. The molecule has 10 heteroatoms. The van der Waals surface area contributed by atoms with E-state index in [1.807, 2.05) is 36.4 Å². The van der Waals surface area contributed by atoms with Gasteiger partial charge >= 0.3 is 6.18 Å². The highest BCUT2D eigenvalue weighted by Gasteiger charge is 2.75. The minimum absolute atomic E-state index is 0.0422. The zero-order chi connectivity index (χ0) is 25.3. The lowest BCUT2D eigenvalue weighted by molar-refractivity contribution is -0.139. The molecule has 2 bridgehead atoms. The summed E-state index contributed by atoms with van der Waals surface area (Å²) in [7, 11) is 0. The van der Waals surface area contributed by atoms with Crippen molar-refractivity contribution in [2.75, 3.05) is 11.5 Å². The summed E-state index contributed by atoms with van der Waals surface area (Å²) in [5.74, 6) is -1.46. The summed E-state index contributed by atoms with van der Waals surface area (Å²) in [4.78, 5) is 20.8. The van der Waals surface area contributed by atoms with Crippen molar-refractivity contribution in [1.82, 2.24) is 5.48 Å². The van der Waals surface area contributed by atoms with Crippen LogP contribution >= 0.6 is 0 Å². The Bertz CT molecular complexity index is 1310. The number of halogens is 3. The molecule has 3 saturated heterocycles. The standard InChI is InChI=1S/C26H22F3N3O4/c1-24-19(31-35-14-15-5-3-2-4-6-15)12-25(36-24)9-10-34-23-21(25)20(24)22(33)32(23)17-8-7-16(13-30)18(11-17)26(27,28)29/h2-8,11-12,20-21,23,31H,9-10,14H2,1H3/t20-,21+,23+,24-,25+/m1/s1. The molecule has 36 heavy (non-hydrogen) atoms. The van der Waals surface area contributed by atoms with Gasteiger partial charge in [-0.3, -0.25) is 20.0 Å². The summed E-state index contributed by atoms with van der Waals surface area (Å²) in [6, 6.07) is 14.5. The van der Waals surface area contributed by atoms with Crippen molar-refractivity contribution in [2.24, 2.45) is 11.8 Å². The van der Waals surface area contributed by atoms with Crippen LogP contribution in [0.1, 0.15) is 30.0 Å². The first kappa shape index (κ1) is 23.0. The summed E-state index contributed by atoms with van der Waals surface area (Å²) >= 11 is 0. The number of hydrogen-bond acceptors (Lipinski definition) is 6. The molecule has 4 aliphatic heterocycles. The van der Waals surface area contributed by atoms with Crippen molar-refractivity contribution < 1.29 is 32.3 Å². The number of alkyl halides is 3. The first-order valence-corrected chi connectivity index (χ1v) is 11.6. The minimum Gasteiger partial charge on any atom is -0.357 e. The molecule has 5 atom stereocenters. The van der Waals surface area contributed by atoms with Crippen LogP contribution in [-0.4, -0.2) is 29.9 Å². The molecule has 3 fully saturated rings. The average Bonchev–Trinajstić information content (AvgIpc) is 3.42. The van der Waals surface area contributed by atoms with E-state index in [2.05, 4.69) is 5.48 Å². The van der Waals surface area contributed by atoms with Gasteiger partial charge in [-0.25, -0.2) is 0 Å². The highest BCUT2D eigenvalue weighted by molar-refractivity contribution is 6.00. The number of amides is 1. The lowest BCUT2D eigenvalue weighted by atomic mass is 9.69. The van der Waals surface area contributed by atoms with E-state index in [1.54, 1.807) is 13.0 Å². The van der Waals surface area contributed by atoms with Crippen LogP contribution in [0, 0.1) is 23.2 Å². The molecule has 1 amide bonds. The van der Waals surface area contributed by atoms with Gasteiger partial charge in [-0.1, -0.05) is 30.3 Å². The van der Waals surface area contributed by atoms with Gasteiger partial charge in [0.05, 0.1) is 53.5 Å². The fraction of sp³-hybridized carbons (Fsp3) is 0.385. The third-order valence-electron chi connectivity index (χ3n) is 7.66. The van der Waals surface area contributed by atoms with Crippen LogP contribution in [-0.2, 0) is 31.9 Å². The Hall–Kier alpha value is -3.39. The maximum absolute atomic E-state index is 13.8. The average molecular weight is 497 g/mol. The normalized spacial score (nSPS) is 32.3. The predicted molar refractivity (Wildman–Crippen MR) is 120 cm³/mol. The first-order valence-electron chi connectivity index (χ1n) is 11.6. The molecule has 7 nitrogen and oxygen atoms in total. The van der Waals surface area contributed by atoms with Gasteiger partial charge in [0.25, 0.3) is 0 Å². The number of carbonyl (C=O) groups is 1. The Kier molecular flexibility index (Phi) is 4.99. The number of nitrogens with one attached hydrogen (secondary N) is 1. The zero-order valence-electron chi connectivity index (χ0n) is 19.2. The lowest BCUT2D eigenvalue weighted by Crippen LogP contribution is -2.50. The third-order valence-corrected chi connectivity index (χ3v) is 7.66. The molecule has 6 rings (SSSR count). The summed E-state index contributed by atoms with van der Waals surface area (Å²) in [6.45, 7) is 2.37. The van der Waals surface area contributed by atoms with Crippen LogP contribution in [0.5, 0.6) is 0 Å². The van der Waals surface area contributed by atoms with E-state index in [0.29, 0.717) is 18.7 Å². The Morgan fingerprint density at radius 2 is 2.03 bits per heavy atom. The topological polar surface area (TPSA) is 83.8 Å². The van der Waals surface area contributed by atoms with Crippen LogP contribution in [0.2, 0.25) is 0 Å². The number of fused-ring (bicyclic) bond motifs is 2. The van der Waals surface area contributed by atoms with Gasteiger partial charge < -0.3 is 9.47 Å². The molecule has 186 valence electrons. The molecule has 4 heterocycles. The quantitative estimate of drug-likeness (QED) is 0.628. The molecule has 0 aromatic heterocycles. The van der Waals surface area contributed by atoms with Gasteiger partial charge in [0, 0.05) is 12.1 Å². The van der Waals surface area contributed by atoms with Crippen molar-refractivity contribution in [1.29, 1.82) is 5.26 Å². The van der Waals surface area contributed by atoms with E-state index < -0.39 is 46.6 Å². The number of benzene rings is 2. The fourth-order valence-electron chi connectivity index (χ4n) is 6.12. The van der Waals surface area contributed by atoms with Crippen molar-refractivity contribution in [3.05, 3.63) is 77.0 Å². The second-order valence-corrected chi connectivity index (χ2v) is 9.66. The number of anilines is 1. The molecular formula is C26H22F3N3O4. The van der Waals surface area contributed by atoms with E-state index in [-0.39, 0.29) is 18.2 Å². The van der Waals surface area contributed by atoms with Crippen LogP contribution in [0.4, 0.5) is 18.9 Å². The molecule has 0 radical (unpaired) electrons. The van der Waals surface area contributed by atoms with Crippen LogP contribution < -0.4 is 10.4 Å². The Morgan fingerprint density at radius 1 is 1.25 bits per heavy atom. The van der Waals surface area contributed by atoms with Crippen molar-refractivity contribution >= 4 is 11.6 Å².